The zero-order valence-corrected chi connectivity index (χ0v) is 13.7. The predicted molar refractivity (Wildman–Crippen MR) is 85.3 cm³/mol. The Bertz CT molecular complexity index is 552. The molecule has 0 spiro atoms. The van der Waals surface area contributed by atoms with Gasteiger partial charge >= 0.3 is 0 Å². The lowest BCUT2D eigenvalue weighted by atomic mass is 10.0. The van der Waals surface area contributed by atoms with Gasteiger partial charge in [-0.2, -0.15) is 0 Å². The molecule has 1 atom stereocenters. The van der Waals surface area contributed by atoms with Crippen LogP contribution in [0.1, 0.15) is 18.9 Å². The average molecular weight is 320 g/mol. The zero-order valence-electron chi connectivity index (χ0n) is 13.7. The van der Waals surface area contributed by atoms with Gasteiger partial charge in [-0.05, 0) is 25.6 Å². The Morgan fingerprint density at radius 2 is 2.30 bits per heavy atom. The van der Waals surface area contributed by atoms with Gasteiger partial charge in [0, 0.05) is 38.4 Å². The highest BCUT2D eigenvalue weighted by Crippen LogP contribution is 2.17. The van der Waals surface area contributed by atoms with Crippen LogP contribution in [0.3, 0.4) is 0 Å². The van der Waals surface area contributed by atoms with Crippen LogP contribution in [0.25, 0.3) is 0 Å². The summed E-state index contributed by atoms with van der Waals surface area (Å²) in [5, 5.41) is 0. The molecular formula is C16H24N4O3. The molecule has 126 valence electrons. The van der Waals surface area contributed by atoms with Crippen molar-refractivity contribution in [1.82, 2.24) is 14.8 Å². The van der Waals surface area contributed by atoms with Gasteiger partial charge in [0.25, 0.3) is 5.91 Å². The summed E-state index contributed by atoms with van der Waals surface area (Å²) < 4.78 is 5.43. The van der Waals surface area contributed by atoms with Crippen LogP contribution in [0, 0.1) is 0 Å². The number of nitrogens with zero attached hydrogens (tertiary/aromatic N) is 3. The fourth-order valence-electron chi connectivity index (χ4n) is 2.56. The van der Waals surface area contributed by atoms with Crippen molar-refractivity contribution in [1.29, 1.82) is 0 Å². The first kappa shape index (κ1) is 17.4. The van der Waals surface area contributed by atoms with E-state index in [1.807, 2.05) is 25.4 Å². The molecule has 1 saturated heterocycles. The van der Waals surface area contributed by atoms with E-state index in [-0.39, 0.29) is 12.5 Å². The van der Waals surface area contributed by atoms with Crippen molar-refractivity contribution in [3.8, 4) is 0 Å². The molecule has 1 aliphatic rings. The van der Waals surface area contributed by atoms with Crippen molar-refractivity contribution in [2.24, 2.45) is 5.73 Å². The van der Waals surface area contributed by atoms with Crippen LogP contribution in [0.4, 0.5) is 0 Å². The van der Waals surface area contributed by atoms with E-state index in [4.69, 9.17) is 10.5 Å². The summed E-state index contributed by atoms with van der Waals surface area (Å²) in [6.07, 6.45) is 3.95. The third-order valence-corrected chi connectivity index (χ3v) is 4.03. The summed E-state index contributed by atoms with van der Waals surface area (Å²) in [5.74, 6) is -0.525. The van der Waals surface area contributed by atoms with Crippen molar-refractivity contribution < 1.29 is 14.3 Å². The fraction of sp³-hybridized carbons (Fsp3) is 0.562. The Morgan fingerprint density at radius 1 is 1.52 bits per heavy atom. The molecule has 1 aromatic heterocycles. The number of ether oxygens (including phenoxy) is 1. The van der Waals surface area contributed by atoms with E-state index in [0.29, 0.717) is 26.1 Å². The highest BCUT2D eigenvalue weighted by molar-refractivity contribution is 5.85. The fourth-order valence-corrected chi connectivity index (χ4v) is 2.56. The van der Waals surface area contributed by atoms with Crippen molar-refractivity contribution in [3.05, 3.63) is 30.1 Å². The van der Waals surface area contributed by atoms with Gasteiger partial charge in [-0.1, -0.05) is 6.07 Å². The normalized spacial score (nSPS) is 21.4. The molecule has 0 bridgehead atoms. The Balaban J connectivity index is 1.81. The first-order valence-corrected chi connectivity index (χ1v) is 7.70. The van der Waals surface area contributed by atoms with Crippen molar-refractivity contribution in [2.45, 2.75) is 25.5 Å². The lowest BCUT2D eigenvalue weighted by Crippen LogP contribution is -2.58. The molecule has 7 nitrogen and oxygen atoms in total. The number of hydrogen-bond donors (Lipinski definition) is 1. The third-order valence-electron chi connectivity index (χ3n) is 4.03. The van der Waals surface area contributed by atoms with E-state index in [9.17, 15) is 9.59 Å². The molecule has 1 fully saturated rings. The molecule has 0 saturated carbocycles. The lowest BCUT2D eigenvalue weighted by Gasteiger charge is -2.38. The molecule has 2 heterocycles. The second-order valence-corrected chi connectivity index (χ2v) is 6.11. The van der Waals surface area contributed by atoms with Gasteiger partial charge in [0.2, 0.25) is 5.91 Å². The summed E-state index contributed by atoms with van der Waals surface area (Å²) in [4.78, 5) is 31.6. The van der Waals surface area contributed by atoms with E-state index >= 15 is 0 Å². The Kier molecular flexibility index (Phi) is 5.68. The summed E-state index contributed by atoms with van der Waals surface area (Å²) >= 11 is 0. The minimum Gasteiger partial charge on any atom is -0.367 e. The number of hydrogen-bond acceptors (Lipinski definition) is 5. The van der Waals surface area contributed by atoms with E-state index in [1.165, 1.54) is 0 Å². The molecule has 23 heavy (non-hydrogen) atoms. The highest BCUT2D eigenvalue weighted by atomic mass is 16.5. The number of morpholine rings is 1. The number of aromatic nitrogens is 1. The van der Waals surface area contributed by atoms with E-state index in [1.54, 1.807) is 18.0 Å². The lowest BCUT2D eigenvalue weighted by molar-refractivity contribution is -0.160. The SMILES string of the molecule is CN(CCC(=O)N1CCO[C@@](C)(C(N)=O)C1)Cc1cccnc1. The number of amides is 2. The van der Waals surface area contributed by atoms with Crippen LogP contribution in [0.2, 0.25) is 0 Å². The minimum absolute atomic E-state index is 0.0128. The molecule has 0 aromatic carbocycles. The average Bonchev–Trinajstić information content (AvgIpc) is 2.53. The Hall–Kier alpha value is -1.99. The van der Waals surface area contributed by atoms with Gasteiger partial charge in [0.05, 0.1) is 13.2 Å². The van der Waals surface area contributed by atoms with Gasteiger partial charge in [0.1, 0.15) is 0 Å². The van der Waals surface area contributed by atoms with E-state index < -0.39 is 11.5 Å². The van der Waals surface area contributed by atoms with Crippen LogP contribution in [0.15, 0.2) is 24.5 Å². The second-order valence-electron chi connectivity index (χ2n) is 6.11. The Labute approximate surface area is 136 Å². The summed E-state index contributed by atoms with van der Waals surface area (Å²) in [7, 11) is 1.97. The number of nitrogens with two attached hydrogens (primary N) is 1. The quantitative estimate of drug-likeness (QED) is 0.797. The van der Waals surface area contributed by atoms with Crippen LogP contribution in [-0.4, -0.2) is 65.5 Å². The van der Waals surface area contributed by atoms with Crippen LogP contribution >= 0.6 is 0 Å². The predicted octanol–water partition coefficient (Wildman–Crippen LogP) is 0.00630. The van der Waals surface area contributed by atoms with Gasteiger partial charge in [0.15, 0.2) is 5.60 Å². The maximum atomic E-state index is 12.3. The van der Waals surface area contributed by atoms with Gasteiger partial charge in [-0.25, -0.2) is 0 Å². The van der Waals surface area contributed by atoms with Gasteiger partial charge < -0.3 is 20.3 Å². The minimum atomic E-state index is -1.09. The standard InChI is InChI=1S/C16H24N4O3/c1-16(15(17)22)12-20(8-9-23-16)14(21)5-7-19(2)11-13-4-3-6-18-10-13/h3-4,6,10H,5,7-9,11-12H2,1-2H3,(H2,17,22)/t16-/m1/s1. The molecule has 2 amide bonds. The Morgan fingerprint density at radius 3 is 2.96 bits per heavy atom. The number of primary amides is 1. The van der Waals surface area contributed by atoms with Crippen LogP contribution < -0.4 is 5.73 Å². The number of carbonyl (C=O) groups is 2. The van der Waals surface area contributed by atoms with E-state index in [0.717, 1.165) is 12.1 Å². The van der Waals surface area contributed by atoms with Crippen molar-refractivity contribution in [3.63, 3.8) is 0 Å². The molecular weight excluding hydrogens is 296 g/mol. The number of rotatable bonds is 6. The molecule has 2 N–H and O–H groups in total. The molecule has 0 radical (unpaired) electrons. The molecule has 7 heteroatoms. The maximum Gasteiger partial charge on any atom is 0.251 e. The topological polar surface area (TPSA) is 88.8 Å². The summed E-state index contributed by atoms with van der Waals surface area (Å²) in [6, 6.07) is 3.90. The zero-order chi connectivity index (χ0) is 16.9. The number of carbonyl (C=O) groups excluding carboxylic acids is 2. The molecule has 0 unspecified atom stereocenters. The first-order valence-electron chi connectivity index (χ1n) is 7.70. The second kappa shape index (κ2) is 7.52. The molecule has 0 aliphatic carbocycles. The smallest absolute Gasteiger partial charge is 0.251 e. The third kappa shape index (κ3) is 4.74. The van der Waals surface area contributed by atoms with Crippen LogP contribution in [-0.2, 0) is 20.9 Å². The highest BCUT2D eigenvalue weighted by Gasteiger charge is 2.39. The van der Waals surface area contributed by atoms with Crippen molar-refractivity contribution >= 4 is 11.8 Å². The summed E-state index contributed by atoms with van der Waals surface area (Å²) in [5.41, 5.74) is 5.37. The van der Waals surface area contributed by atoms with E-state index in [2.05, 4.69) is 9.88 Å². The van der Waals surface area contributed by atoms with Crippen molar-refractivity contribution in [2.75, 3.05) is 33.3 Å². The van der Waals surface area contributed by atoms with Gasteiger partial charge in [-0.3, -0.25) is 14.6 Å². The van der Waals surface area contributed by atoms with Crippen LogP contribution in [0.5, 0.6) is 0 Å². The maximum absolute atomic E-state index is 12.3. The largest absolute Gasteiger partial charge is 0.367 e. The molecule has 1 aliphatic heterocycles. The summed E-state index contributed by atoms with van der Waals surface area (Å²) in [6.45, 7) is 4.04. The monoisotopic (exact) mass is 320 g/mol. The first-order chi connectivity index (χ1) is 10.9. The molecule has 2 rings (SSSR count). The molecule has 1 aromatic rings. The number of pyridine rings is 1. The van der Waals surface area contributed by atoms with Gasteiger partial charge in [-0.15, -0.1) is 0 Å².